The molecule has 0 aliphatic heterocycles. The molecule has 0 aliphatic rings. The summed E-state index contributed by atoms with van der Waals surface area (Å²) in [5, 5.41) is 2.82. The molecule has 0 bridgehead atoms. The second kappa shape index (κ2) is 40.9. The largest absolute Gasteiger partial charge is 0.472 e. The number of carbonyl (C=O) groups is 2. The van der Waals surface area contributed by atoms with E-state index in [0.717, 1.165) is 44.9 Å². The van der Waals surface area contributed by atoms with Crippen molar-refractivity contribution in [2.45, 2.75) is 200 Å². The molecule has 9 nitrogen and oxygen atoms in total. The Bertz CT molecular complexity index is 986. The fourth-order valence-corrected chi connectivity index (χ4v) is 6.66. The van der Waals surface area contributed by atoms with Gasteiger partial charge in [0.15, 0.2) is 6.10 Å². The number of hydrogen-bond donors (Lipinski definition) is 2. The second-order valence-corrected chi connectivity index (χ2v) is 16.0. The molecule has 0 aromatic heterocycles. The molecule has 0 radical (unpaired) electrons. The highest BCUT2D eigenvalue weighted by Crippen LogP contribution is 2.43. The molecule has 2 unspecified atom stereocenters. The van der Waals surface area contributed by atoms with E-state index in [9.17, 15) is 19.0 Å². The molecule has 0 heterocycles. The minimum atomic E-state index is -4.35. The van der Waals surface area contributed by atoms with E-state index >= 15 is 0 Å². The number of esters is 2. The van der Waals surface area contributed by atoms with Crippen molar-refractivity contribution in [1.82, 2.24) is 5.32 Å². The van der Waals surface area contributed by atoms with Gasteiger partial charge in [-0.15, -0.1) is 0 Å². The van der Waals surface area contributed by atoms with E-state index in [1.54, 1.807) is 7.05 Å². The fraction of sp³-hybridized carbons (Fsp3) is 0.818. The van der Waals surface area contributed by atoms with Crippen molar-refractivity contribution in [3.8, 4) is 0 Å². The van der Waals surface area contributed by atoms with Crippen LogP contribution >= 0.6 is 7.82 Å². The molecule has 316 valence electrons. The highest BCUT2D eigenvalue weighted by atomic mass is 31.2. The summed E-state index contributed by atoms with van der Waals surface area (Å²) in [5.74, 6) is -0.846. The summed E-state index contributed by atoms with van der Waals surface area (Å²) in [7, 11) is -2.66. The van der Waals surface area contributed by atoms with Gasteiger partial charge >= 0.3 is 19.8 Å². The third kappa shape index (κ3) is 39.9. The molecule has 2 atom stereocenters. The summed E-state index contributed by atoms with van der Waals surface area (Å²) in [6.45, 7) is 4.17. The number of hydrogen-bond acceptors (Lipinski definition) is 8. The summed E-state index contributed by atoms with van der Waals surface area (Å²) in [6.07, 6.45) is 43.3. The molecule has 0 aromatic carbocycles. The van der Waals surface area contributed by atoms with Gasteiger partial charge in [-0.1, -0.05) is 166 Å². The second-order valence-electron chi connectivity index (χ2n) is 14.5. The zero-order chi connectivity index (χ0) is 39.6. The number of allylic oxidation sites excluding steroid dienone is 6. The summed E-state index contributed by atoms with van der Waals surface area (Å²) >= 11 is 0. The Balaban J connectivity index is 4.26. The van der Waals surface area contributed by atoms with Gasteiger partial charge in [0, 0.05) is 19.4 Å². The summed E-state index contributed by atoms with van der Waals surface area (Å²) < 4.78 is 33.2. The third-order valence-electron chi connectivity index (χ3n) is 9.26. The van der Waals surface area contributed by atoms with E-state index in [0.29, 0.717) is 19.4 Å². The van der Waals surface area contributed by atoms with E-state index in [4.69, 9.17) is 18.5 Å². The van der Waals surface area contributed by atoms with Crippen LogP contribution in [0.15, 0.2) is 36.5 Å². The van der Waals surface area contributed by atoms with Crippen LogP contribution in [0.25, 0.3) is 0 Å². The van der Waals surface area contributed by atoms with Crippen molar-refractivity contribution < 1.29 is 37.6 Å². The number of carbonyl (C=O) groups excluding carboxylic acids is 2. The van der Waals surface area contributed by atoms with Gasteiger partial charge in [-0.3, -0.25) is 18.6 Å². The number of rotatable bonds is 41. The Morgan fingerprint density at radius 1 is 0.574 bits per heavy atom. The molecule has 0 aliphatic carbocycles. The maximum Gasteiger partial charge on any atom is 0.472 e. The molecular formula is C44H82NO8P. The van der Waals surface area contributed by atoms with E-state index in [-0.39, 0.29) is 26.1 Å². The van der Waals surface area contributed by atoms with Crippen LogP contribution in [0.5, 0.6) is 0 Å². The van der Waals surface area contributed by atoms with Crippen LogP contribution in [-0.2, 0) is 32.7 Å². The predicted molar refractivity (Wildman–Crippen MR) is 225 cm³/mol. The number of likely N-dealkylation sites (N-methyl/N-ethyl adjacent to an activating group) is 1. The predicted octanol–water partition coefficient (Wildman–Crippen LogP) is 12.4. The number of nitrogens with one attached hydrogen (secondary N) is 1. The normalized spacial score (nSPS) is 13.6. The summed E-state index contributed by atoms with van der Waals surface area (Å²) in [5.41, 5.74) is 0. The fourth-order valence-electron chi connectivity index (χ4n) is 5.91. The minimum absolute atomic E-state index is 0.0221. The van der Waals surface area contributed by atoms with E-state index in [2.05, 4.69) is 55.6 Å². The van der Waals surface area contributed by atoms with Crippen LogP contribution in [0.4, 0.5) is 0 Å². The zero-order valence-electron chi connectivity index (χ0n) is 34.9. The molecule has 0 aromatic rings. The first-order valence-corrected chi connectivity index (χ1v) is 23.4. The molecular weight excluding hydrogens is 701 g/mol. The third-order valence-corrected chi connectivity index (χ3v) is 10.2. The van der Waals surface area contributed by atoms with Crippen molar-refractivity contribution in [1.29, 1.82) is 0 Å². The van der Waals surface area contributed by atoms with Gasteiger partial charge in [-0.2, -0.15) is 0 Å². The van der Waals surface area contributed by atoms with Crippen LogP contribution in [0.2, 0.25) is 0 Å². The van der Waals surface area contributed by atoms with Gasteiger partial charge in [-0.25, -0.2) is 4.57 Å². The van der Waals surface area contributed by atoms with Crippen molar-refractivity contribution in [3.05, 3.63) is 36.5 Å². The maximum atomic E-state index is 12.6. The minimum Gasteiger partial charge on any atom is -0.462 e. The Morgan fingerprint density at radius 3 is 1.52 bits per heavy atom. The number of ether oxygens (including phenoxy) is 2. The maximum absolute atomic E-state index is 12.6. The Morgan fingerprint density at radius 2 is 1.00 bits per heavy atom. The van der Waals surface area contributed by atoms with Gasteiger partial charge in [0.2, 0.25) is 0 Å². The Hall–Kier alpha value is -1.77. The summed E-state index contributed by atoms with van der Waals surface area (Å²) in [6, 6.07) is 0. The standard InChI is InChI=1S/C44H82NO8P/c1-4-6-8-10-12-14-16-18-20-21-23-25-27-29-31-33-35-37-44(47)53-42(41-52-54(48,49)51-39-38-45-3)40-50-43(46)36-34-32-30-28-26-24-22-19-17-15-13-11-9-7-5-2/h13,15,19,22,26,28,42,45H,4-12,14,16-18,20-21,23-25,27,29-41H2,1-3H3,(H,48,49)/b15-13-,22-19-,28-26-. The van der Waals surface area contributed by atoms with Gasteiger partial charge in [0.05, 0.1) is 13.2 Å². The van der Waals surface area contributed by atoms with Gasteiger partial charge in [0.25, 0.3) is 0 Å². The molecule has 0 rings (SSSR count). The van der Waals surface area contributed by atoms with Crippen LogP contribution in [0.3, 0.4) is 0 Å². The van der Waals surface area contributed by atoms with Gasteiger partial charge in [-0.05, 0) is 58.4 Å². The molecule has 0 saturated heterocycles. The molecule has 0 fully saturated rings. The quantitative estimate of drug-likeness (QED) is 0.0270. The first-order chi connectivity index (χ1) is 26.3. The zero-order valence-corrected chi connectivity index (χ0v) is 35.8. The highest BCUT2D eigenvalue weighted by molar-refractivity contribution is 7.47. The monoisotopic (exact) mass is 784 g/mol. The lowest BCUT2D eigenvalue weighted by Gasteiger charge is -2.20. The van der Waals surface area contributed by atoms with Crippen LogP contribution in [0.1, 0.15) is 194 Å². The smallest absolute Gasteiger partial charge is 0.462 e. The van der Waals surface area contributed by atoms with Crippen LogP contribution < -0.4 is 5.32 Å². The van der Waals surface area contributed by atoms with E-state index < -0.39 is 32.5 Å². The lowest BCUT2D eigenvalue weighted by atomic mass is 10.0. The van der Waals surface area contributed by atoms with Crippen molar-refractivity contribution in [3.63, 3.8) is 0 Å². The van der Waals surface area contributed by atoms with E-state index in [1.165, 1.54) is 109 Å². The summed E-state index contributed by atoms with van der Waals surface area (Å²) in [4.78, 5) is 35.0. The highest BCUT2D eigenvalue weighted by Gasteiger charge is 2.26. The lowest BCUT2D eigenvalue weighted by Crippen LogP contribution is -2.29. The lowest BCUT2D eigenvalue weighted by molar-refractivity contribution is -0.161. The Labute approximate surface area is 331 Å². The molecule has 0 spiro atoms. The molecule has 0 amide bonds. The van der Waals surface area contributed by atoms with Crippen molar-refractivity contribution in [2.24, 2.45) is 0 Å². The average molecular weight is 784 g/mol. The van der Waals surface area contributed by atoms with Gasteiger partial charge < -0.3 is 19.7 Å². The average Bonchev–Trinajstić information content (AvgIpc) is 3.15. The molecule has 10 heteroatoms. The SMILES string of the molecule is CCCCC/C=C\C/C=C\C/C=C\CCCCC(=O)OCC(COP(=O)(O)OCCNC)OC(=O)CCCCCCCCCCCCCCCCCCC. The first kappa shape index (κ1) is 52.2. The van der Waals surface area contributed by atoms with E-state index in [1.807, 2.05) is 0 Å². The molecule has 2 N–H and O–H groups in total. The van der Waals surface area contributed by atoms with Crippen LogP contribution in [-0.4, -0.2) is 56.3 Å². The van der Waals surface area contributed by atoms with Crippen molar-refractivity contribution in [2.75, 3.05) is 33.4 Å². The number of unbranched alkanes of at least 4 members (excludes halogenated alkanes) is 21. The molecule has 0 saturated carbocycles. The first-order valence-electron chi connectivity index (χ1n) is 21.9. The molecule has 54 heavy (non-hydrogen) atoms. The van der Waals surface area contributed by atoms with Crippen molar-refractivity contribution >= 4 is 19.8 Å². The van der Waals surface area contributed by atoms with Crippen LogP contribution in [0, 0.1) is 0 Å². The number of phosphoric ester groups is 1. The number of phosphoric acid groups is 1. The van der Waals surface area contributed by atoms with Gasteiger partial charge in [0.1, 0.15) is 6.61 Å². The topological polar surface area (TPSA) is 120 Å². The Kier molecular flexibility index (Phi) is 39.5.